The van der Waals surface area contributed by atoms with Crippen molar-refractivity contribution in [1.29, 1.82) is 0 Å². The maximum absolute atomic E-state index is 5.47. The second-order valence-electron chi connectivity index (χ2n) is 14.3. The number of hydrogen-bond donors (Lipinski definition) is 0. The zero-order chi connectivity index (χ0) is 34.9. The van der Waals surface area contributed by atoms with E-state index in [1.807, 2.05) is 72.9 Å². The zero-order valence-corrected chi connectivity index (χ0v) is 32.9. The Morgan fingerprint density at radius 3 is 1.73 bits per heavy atom. The van der Waals surface area contributed by atoms with Gasteiger partial charge in [0.2, 0.25) is 8.07 Å². The van der Waals surface area contributed by atoms with Crippen molar-refractivity contribution in [2.45, 2.75) is 44.9 Å². The Balaban J connectivity index is 0.000000254. The Hall–Kier alpha value is -4.90. The van der Waals surface area contributed by atoms with E-state index in [9.17, 15) is 0 Å². The summed E-state index contributed by atoms with van der Waals surface area (Å²) in [5.41, 5.74) is 6.66. The summed E-state index contributed by atoms with van der Waals surface area (Å²) in [5, 5.41) is 18.7. The molecule has 3 heterocycles. The van der Waals surface area contributed by atoms with Crippen molar-refractivity contribution in [2.24, 2.45) is 5.41 Å². The summed E-state index contributed by atoms with van der Waals surface area (Å²) in [5.74, 6) is 0.471. The Bertz CT molecular complexity index is 2090. The van der Waals surface area contributed by atoms with Crippen molar-refractivity contribution < 1.29 is 21.1 Å². The molecule has 0 saturated heterocycles. The van der Waals surface area contributed by atoms with Gasteiger partial charge in [-0.15, -0.1) is 11.4 Å². The molecule has 2 atom stereocenters. The van der Waals surface area contributed by atoms with Gasteiger partial charge in [0.05, 0.1) is 0 Å². The van der Waals surface area contributed by atoms with Crippen LogP contribution in [0.15, 0.2) is 164 Å². The van der Waals surface area contributed by atoms with E-state index in [-0.39, 0.29) is 31.9 Å². The van der Waals surface area contributed by atoms with Crippen LogP contribution in [0.4, 0.5) is 11.4 Å². The topological polar surface area (TPSA) is 66.9 Å². The fourth-order valence-corrected chi connectivity index (χ4v) is 12.9. The van der Waals surface area contributed by atoms with Crippen molar-refractivity contribution in [3.05, 3.63) is 180 Å². The third-order valence-electron chi connectivity index (χ3n) is 11.5. The van der Waals surface area contributed by atoms with Crippen LogP contribution in [0.3, 0.4) is 0 Å². The first kappa shape index (κ1) is 35.5. The SMILES string of the molecule is CC12CCC(c3c1n[n-]c3-c1cccc([Si](c3ccccc3)(c3ccccc3)c3ccccn3)n1)C2(C)C.[Pt+2].c1ccc([N-]c2ccccc2)cc1. The van der Waals surface area contributed by atoms with Crippen LogP contribution in [0, 0.1) is 5.41 Å². The summed E-state index contributed by atoms with van der Waals surface area (Å²) in [7, 11) is -2.80. The minimum absolute atomic E-state index is 0. The average molecular weight is 875 g/mol. The van der Waals surface area contributed by atoms with Crippen molar-refractivity contribution in [2.75, 3.05) is 0 Å². The molecule has 0 spiro atoms. The first-order valence-corrected chi connectivity index (χ1v) is 19.8. The van der Waals surface area contributed by atoms with Gasteiger partial charge in [-0.2, -0.15) is 0 Å². The van der Waals surface area contributed by atoms with Gasteiger partial charge in [-0.25, -0.2) is 0 Å². The van der Waals surface area contributed by atoms with Gasteiger partial charge in [-0.3, -0.25) is 9.97 Å². The molecule has 2 bridgehead atoms. The first-order chi connectivity index (χ1) is 24.9. The molecule has 1 saturated carbocycles. The standard InChI is InChI=1S/C33H31N4Si.C12H10N.Pt/c1-32(2)25-20-21-33(32,3)31-29(25)30(36-37-31)26-17-12-19-28(35-26)38(23-13-6-4-7-14-23,24-15-8-5-9-16-24)27-18-10-11-22-34-27;1-3-7-11(8-4-1)13-12-9-5-2-6-10-12;/h4-19,22,25H,20-21H2,1-3H3;1-10H;/q2*-1;+2. The van der Waals surface area contributed by atoms with Gasteiger partial charge < -0.3 is 15.5 Å². The number of pyridine rings is 2. The molecule has 7 heteroatoms. The molecule has 2 aliphatic carbocycles. The molecule has 3 aromatic heterocycles. The zero-order valence-electron chi connectivity index (χ0n) is 29.6. The van der Waals surface area contributed by atoms with Crippen molar-refractivity contribution in [3.8, 4) is 11.4 Å². The van der Waals surface area contributed by atoms with Crippen LogP contribution in [0.5, 0.6) is 0 Å². The maximum atomic E-state index is 5.47. The van der Waals surface area contributed by atoms with Crippen LogP contribution in [-0.4, -0.2) is 23.1 Å². The number of para-hydroxylation sites is 2. The van der Waals surface area contributed by atoms with Gasteiger partial charge in [0.1, 0.15) is 0 Å². The van der Waals surface area contributed by atoms with E-state index in [0.717, 1.165) is 33.4 Å². The van der Waals surface area contributed by atoms with Crippen molar-refractivity contribution in [1.82, 2.24) is 20.2 Å². The number of aromatic nitrogens is 4. The molecule has 0 radical (unpaired) electrons. The van der Waals surface area contributed by atoms with Crippen LogP contribution < -0.4 is 26.1 Å². The summed E-state index contributed by atoms with van der Waals surface area (Å²) in [6.45, 7) is 7.19. The first-order valence-electron chi connectivity index (χ1n) is 17.8. The number of fused-ring (bicyclic) bond motifs is 5. The predicted octanol–water partition coefficient (Wildman–Crippen LogP) is 8.07. The average Bonchev–Trinajstić information content (AvgIpc) is 3.78. The van der Waals surface area contributed by atoms with Crippen molar-refractivity contribution in [3.63, 3.8) is 0 Å². The Labute approximate surface area is 322 Å². The molecule has 7 aromatic rings. The normalized spacial score (nSPS) is 18.0. The monoisotopic (exact) mass is 874 g/mol. The van der Waals surface area contributed by atoms with Crippen LogP contribution in [0.1, 0.15) is 50.8 Å². The summed E-state index contributed by atoms with van der Waals surface area (Å²) < 4.78 is 0. The molecule has 4 aromatic carbocycles. The molecule has 52 heavy (non-hydrogen) atoms. The van der Waals surface area contributed by atoms with Gasteiger partial charge in [0.15, 0.2) is 0 Å². The van der Waals surface area contributed by atoms with E-state index >= 15 is 0 Å². The molecular formula is C45H41N5PtSi. The van der Waals surface area contributed by atoms with E-state index in [4.69, 9.17) is 20.2 Å². The Morgan fingerprint density at radius 2 is 1.17 bits per heavy atom. The molecule has 5 nitrogen and oxygen atoms in total. The maximum Gasteiger partial charge on any atom is 2.00 e. The van der Waals surface area contributed by atoms with Crippen LogP contribution in [0.2, 0.25) is 0 Å². The Morgan fingerprint density at radius 1 is 0.635 bits per heavy atom. The third-order valence-corrected chi connectivity index (χ3v) is 16.0. The van der Waals surface area contributed by atoms with E-state index in [0.29, 0.717) is 5.92 Å². The van der Waals surface area contributed by atoms with Gasteiger partial charge >= 0.3 is 21.1 Å². The fraction of sp³-hybridized carbons (Fsp3) is 0.178. The summed E-state index contributed by atoms with van der Waals surface area (Å²) in [6, 6.07) is 54.2. The van der Waals surface area contributed by atoms with Crippen molar-refractivity contribution >= 4 is 40.5 Å². The van der Waals surface area contributed by atoms with E-state index in [1.165, 1.54) is 34.5 Å². The predicted molar refractivity (Wildman–Crippen MR) is 211 cm³/mol. The van der Waals surface area contributed by atoms with Gasteiger partial charge in [-0.05, 0) is 64.4 Å². The second kappa shape index (κ2) is 14.6. The summed E-state index contributed by atoms with van der Waals surface area (Å²) >= 11 is 0. The van der Waals surface area contributed by atoms with Crippen LogP contribution >= 0.6 is 0 Å². The number of nitrogens with zero attached hydrogens (tertiary/aromatic N) is 5. The molecule has 260 valence electrons. The number of rotatable bonds is 7. The van der Waals surface area contributed by atoms with Crippen LogP contribution in [0.25, 0.3) is 16.7 Å². The second-order valence-corrected chi connectivity index (χ2v) is 18.0. The Kier molecular flexibility index (Phi) is 9.97. The van der Waals surface area contributed by atoms with E-state index in [1.54, 1.807) is 0 Å². The van der Waals surface area contributed by atoms with Gasteiger partial charge in [0, 0.05) is 33.6 Å². The molecular weight excluding hydrogens is 834 g/mol. The molecule has 0 amide bonds. The molecule has 0 aliphatic heterocycles. The van der Waals surface area contributed by atoms with Gasteiger partial charge in [-0.1, -0.05) is 160 Å². The minimum Gasteiger partial charge on any atom is -0.658 e. The van der Waals surface area contributed by atoms with Gasteiger partial charge in [0.25, 0.3) is 0 Å². The number of hydrogen-bond acceptors (Lipinski definition) is 3. The van der Waals surface area contributed by atoms with E-state index < -0.39 is 8.07 Å². The van der Waals surface area contributed by atoms with E-state index in [2.05, 4.69) is 117 Å². The fourth-order valence-electron chi connectivity index (χ4n) is 8.46. The molecule has 1 fully saturated rings. The number of benzene rings is 4. The third kappa shape index (κ3) is 5.98. The van der Waals surface area contributed by atoms with Crippen LogP contribution in [-0.2, 0) is 26.5 Å². The smallest absolute Gasteiger partial charge is 0.658 e. The minimum atomic E-state index is -2.80. The molecule has 0 N–H and O–H groups in total. The summed E-state index contributed by atoms with van der Waals surface area (Å²) in [4.78, 5) is 10.5. The largest absolute Gasteiger partial charge is 2.00 e. The molecule has 2 unspecified atom stereocenters. The molecule has 2 aliphatic rings. The summed E-state index contributed by atoms with van der Waals surface area (Å²) in [6.07, 6.45) is 4.28. The quantitative estimate of drug-likeness (QED) is 0.152. The molecule has 9 rings (SSSR count).